The third kappa shape index (κ3) is 7.06. The Morgan fingerprint density at radius 3 is 2.74 bits per heavy atom. The van der Waals surface area contributed by atoms with Gasteiger partial charge in [0, 0.05) is 44.1 Å². The number of benzene rings is 3. The summed E-state index contributed by atoms with van der Waals surface area (Å²) in [4.78, 5) is 41.3. The largest absolute Gasteiger partial charge is 0.493 e. The molecule has 4 bridgehead atoms. The van der Waals surface area contributed by atoms with Crippen molar-refractivity contribution in [2.45, 2.75) is 38.0 Å². The fraction of sp³-hybridized carbons (Fsp3) is 0.312. The van der Waals surface area contributed by atoms with Gasteiger partial charge in [0.15, 0.2) is 18.1 Å². The van der Waals surface area contributed by atoms with Crippen molar-refractivity contribution in [3.63, 3.8) is 0 Å². The van der Waals surface area contributed by atoms with E-state index >= 15 is 0 Å². The van der Waals surface area contributed by atoms with E-state index in [0.29, 0.717) is 47.6 Å². The van der Waals surface area contributed by atoms with Crippen molar-refractivity contribution in [1.29, 1.82) is 0 Å². The van der Waals surface area contributed by atoms with Crippen LogP contribution in [0, 0.1) is 5.82 Å². The maximum absolute atomic E-state index is 14.7. The van der Waals surface area contributed by atoms with Crippen molar-refractivity contribution in [3.05, 3.63) is 83.2 Å². The highest BCUT2D eigenvalue weighted by Gasteiger charge is 2.35. The summed E-state index contributed by atoms with van der Waals surface area (Å²) in [5.41, 5.74) is 2.23. The first-order valence-corrected chi connectivity index (χ1v) is 14.8. The Bertz CT molecular complexity index is 1730. The third-order valence-corrected chi connectivity index (χ3v) is 7.86. The number of hydrogen-bond donors (Lipinski definition) is 3. The van der Waals surface area contributed by atoms with E-state index in [1.165, 1.54) is 19.2 Å². The van der Waals surface area contributed by atoms with Crippen LogP contribution >= 0.6 is 0 Å². The van der Waals surface area contributed by atoms with Crippen molar-refractivity contribution in [1.82, 2.24) is 36.2 Å². The topological polar surface area (TPSA) is 161 Å². The minimum atomic E-state index is -0.676. The average molecular weight is 630 g/mol. The predicted molar refractivity (Wildman–Crippen MR) is 162 cm³/mol. The van der Waals surface area contributed by atoms with E-state index in [9.17, 15) is 18.8 Å². The molecule has 46 heavy (non-hydrogen) atoms. The van der Waals surface area contributed by atoms with Gasteiger partial charge in [0.2, 0.25) is 11.7 Å². The van der Waals surface area contributed by atoms with E-state index in [1.807, 2.05) is 6.07 Å². The molecular formula is C32H32FN7O6. The number of tetrazole rings is 1. The summed E-state index contributed by atoms with van der Waals surface area (Å²) >= 11 is 0. The van der Waals surface area contributed by atoms with Crippen molar-refractivity contribution in [2.24, 2.45) is 0 Å². The van der Waals surface area contributed by atoms with Gasteiger partial charge < -0.3 is 29.7 Å². The number of halogens is 1. The van der Waals surface area contributed by atoms with Crippen molar-refractivity contribution < 1.29 is 33.0 Å². The number of amides is 3. The lowest BCUT2D eigenvalue weighted by Gasteiger charge is -2.39. The van der Waals surface area contributed by atoms with Crippen LogP contribution in [0.4, 0.5) is 4.39 Å². The SMILES string of the molecule is COc1ccc2cc1OCC(=O)N[C@@H]1CN(C(=O)c3ccccc3-c3nn[nH]n3)CC[C@H]1Oc1cc(F)cc(c1)CNC(=O)CC2. The minimum Gasteiger partial charge on any atom is -0.493 e. The number of nitrogens with zero attached hydrogens (tertiary/aromatic N) is 4. The number of piperidine rings is 1. The number of carbonyl (C=O) groups excluding carboxylic acids is 3. The highest BCUT2D eigenvalue weighted by molar-refractivity contribution is 6.00. The summed E-state index contributed by atoms with van der Waals surface area (Å²) in [7, 11) is 1.50. The predicted octanol–water partition coefficient (Wildman–Crippen LogP) is 2.43. The first kappa shape index (κ1) is 30.5. The zero-order chi connectivity index (χ0) is 32.0. The maximum atomic E-state index is 14.7. The highest BCUT2D eigenvalue weighted by Crippen LogP contribution is 2.29. The number of methoxy groups -OCH3 is 1. The number of fused-ring (bicyclic) bond motifs is 5. The molecular weight excluding hydrogens is 597 g/mol. The number of hydrogen-bond acceptors (Lipinski definition) is 9. The van der Waals surface area contributed by atoms with Gasteiger partial charge in [-0.3, -0.25) is 14.4 Å². The normalized spacial score (nSPS) is 18.9. The summed E-state index contributed by atoms with van der Waals surface area (Å²) in [5.74, 6) is -0.151. The van der Waals surface area contributed by atoms with Crippen molar-refractivity contribution in [2.75, 3.05) is 26.8 Å². The lowest BCUT2D eigenvalue weighted by molar-refractivity contribution is -0.125. The van der Waals surface area contributed by atoms with Gasteiger partial charge in [0.25, 0.3) is 11.8 Å². The van der Waals surface area contributed by atoms with Crippen LogP contribution in [-0.4, -0.2) is 82.2 Å². The Kier molecular flexibility index (Phi) is 9.03. The molecule has 3 aromatic carbocycles. The second kappa shape index (κ2) is 13.6. The van der Waals surface area contributed by atoms with Gasteiger partial charge in [0.05, 0.1) is 18.7 Å². The summed E-state index contributed by atoms with van der Waals surface area (Å²) in [6, 6.07) is 15.8. The second-order valence-electron chi connectivity index (χ2n) is 11.0. The summed E-state index contributed by atoms with van der Waals surface area (Å²) < 4.78 is 32.2. The van der Waals surface area contributed by atoms with Gasteiger partial charge in [-0.2, -0.15) is 5.21 Å². The number of rotatable bonds is 3. The van der Waals surface area contributed by atoms with E-state index in [-0.39, 0.29) is 49.5 Å². The number of aromatic nitrogens is 4. The van der Waals surface area contributed by atoms with Gasteiger partial charge >= 0.3 is 0 Å². The number of likely N-dealkylation sites (tertiary alicyclic amines) is 1. The zero-order valence-corrected chi connectivity index (χ0v) is 25.0. The molecule has 2 aliphatic rings. The first-order valence-electron chi connectivity index (χ1n) is 14.8. The fourth-order valence-corrected chi connectivity index (χ4v) is 5.60. The van der Waals surface area contributed by atoms with Crippen molar-refractivity contribution in [3.8, 4) is 28.6 Å². The maximum Gasteiger partial charge on any atom is 0.258 e. The van der Waals surface area contributed by atoms with Crippen LogP contribution in [0.3, 0.4) is 0 Å². The standard InChI is InChI=1S/C32H32FN7O6/c1-44-27-8-6-19-7-9-29(41)34-16-20-12-21(33)15-22(13-20)46-26-10-11-40(17-25(26)35-30(42)18-45-28(27)14-19)32(43)24-5-3-2-4-23(24)31-36-38-39-37-31/h2-6,8,12-15,25-26H,7,9-11,16-18H2,1H3,(H,34,41)(H,35,42)(H,36,37,38,39)/t25-,26-/m1/s1. The van der Waals surface area contributed by atoms with E-state index in [4.69, 9.17) is 14.2 Å². The number of carbonyl (C=O) groups is 3. The molecule has 3 heterocycles. The molecule has 0 spiro atoms. The molecule has 1 aromatic heterocycles. The molecule has 1 fully saturated rings. The Labute approximate surface area is 263 Å². The Morgan fingerprint density at radius 2 is 1.91 bits per heavy atom. The monoisotopic (exact) mass is 629 g/mol. The minimum absolute atomic E-state index is 0.104. The molecule has 4 aromatic rings. The Morgan fingerprint density at radius 1 is 1.04 bits per heavy atom. The van der Waals surface area contributed by atoms with Crippen LogP contribution < -0.4 is 24.8 Å². The second-order valence-corrected chi connectivity index (χ2v) is 11.0. The number of nitrogens with one attached hydrogen (secondary N) is 3. The quantitative estimate of drug-likeness (QED) is 0.309. The molecule has 6 rings (SSSR count). The molecule has 2 aliphatic heterocycles. The highest BCUT2D eigenvalue weighted by atomic mass is 19.1. The van der Waals surface area contributed by atoms with Gasteiger partial charge in [-0.15, -0.1) is 10.2 Å². The number of H-pyrrole nitrogens is 1. The van der Waals surface area contributed by atoms with E-state index < -0.39 is 23.9 Å². The van der Waals surface area contributed by atoms with Gasteiger partial charge in [-0.05, 0) is 53.1 Å². The van der Waals surface area contributed by atoms with Crippen LogP contribution in [0.2, 0.25) is 0 Å². The number of aromatic amines is 1. The smallest absolute Gasteiger partial charge is 0.258 e. The molecule has 14 heteroatoms. The van der Waals surface area contributed by atoms with E-state index in [2.05, 4.69) is 31.3 Å². The number of ether oxygens (including phenoxy) is 3. The molecule has 3 N–H and O–H groups in total. The van der Waals surface area contributed by atoms with Crippen LogP contribution in [0.5, 0.6) is 17.2 Å². The molecule has 0 radical (unpaired) electrons. The summed E-state index contributed by atoms with van der Waals surface area (Å²) in [6.45, 7) is 0.168. The average Bonchev–Trinajstić information content (AvgIpc) is 3.60. The molecule has 0 aliphatic carbocycles. The summed E-state index contributed by atoms with van der Waals surface area (Å²) in [6.07, 6.45) is 0.338. The van der Waals surface area contributed by atoms with E-state index in [0.717, 1.165) is 5.56 Å². The van der Waals surface area contributed by atoms with Gasteiger partial charge in [-0.1, -0.05) is 24.3 Å². The lowest BCUT2D eigenvalue weighted by Crippen LogP contribution is -2.58. The molecule has 0 unspecified atom stereocenters. The van der Waals surface area contributed by atoms with Gasteiger partial charge in [0.1, 0.15) is 17.7 Å². The van der Waals surface area contributed by atoms with Crippen LogP contribution in [-0.2, 0) is 22.6 Å². The van der Waals surface area contributed by atoms with Crippen LogP contribution in [0.25, 0.3) is 11.4 Å². The van der Waals surface area contributed by atoms with Crippen molar-refractivity contribution >= 4 is 17.7 Å². The molecule has 238 valence electrons. The molecule has 13 nitrogen and oxygen atoms in total. The van der Waals surface area contributed by atoms with E-state index in [1.54, 1.807) is 47.4 Å². The molecule has 2 atom stereocenters. The first-order chi connectivity index (χ1) is 22.4. The van der Waals surface area contributed by atoms with Crippen LogP contribution in [0.15, 0.2) is 60.7 Å². The zero-order valence-electron chi connectivity index (χ0n) is 25.0. The van der Waals surface area contributed by atoms with Gasteiger partial charge in [-0.25, -0.2) is 4.39 Å². The fourth-order valence-electron chi connectivity index (χ4n) is 5.60. The Hall–Kier alpha value is -5.53. The third-order valence-electron chi connectivity index (χ3n) is 7.86. The van der Waals surface area contributed by atoms with Crippen LogP contribution in [0.1, 0.15) is 34.3 Å². The summed E-state index contributed by atoms with van der Waals surface area (Å²) in [5, 5.41) is 19.8. The lowest BCUT2D eigenvalue weighted by atomic mass is 9.99. The molecule has 3 amide bonds. The molecule has 0 saturated carbocycles. The number of aryl methyl sites for hydroxylation is 1. The molecule has 1 saturated heterocycles. The Balaban J connectivity index is 1.28.